The zero-order valence-corrected chi connectivity index (χ0v) is 8.87. The molecule has 80 valence electrons. The molecule has 1 aliphatic rings. The molecule has 0 bridgehead atoms. The summed E-state index contributed by atoms with van der Waals surface area (Å²) in [5.74, 6) is 0.353. The Morgan fingerprint density at radius 1 is 1.50 bits per heavy atom. The predicted octanol–water partition coefficient (Wildman–Crippen LogP) is 1.43. The van der Waals surface area contributed by atoms with Gasteiger partial charge in [-0.3, -0.25) is 0 Å². The van der Waals surface area contributed by atoms with Crippen molar-refractivity contribution in [2.75, 3.05) is 6.54 Å². The number of nitrogens with one attached hydrogen (secondary N) is 1. The SMILES string of the molecule is CCC(C#N)NCC1CCCCC1O. The smallest absolute Gasteiger partial charge is 0.0950 e. The molecule has 1 aliphatic carbocycles. The van der Waals surface area contributed by atoms with Gasteiger partial charge in [0, 0.05) is 6.54 Å². The molecule has 2 N–H and O–H groups in total. The highest BCUT2D eigenvalue weighted by Gasteiger charge is 2.23. The largest absolute Gasteiger partial charge is 0.393 e. The lowest BCUT2D eigenvalue weighted by Gasteiger charge is -2.28. The van der Waals surface area contributed by atoms with E-state index in [4.69, 9.17) is 5.26 Å². The lowest BCUT2D eigenvalue weighted by atomic mass is 9.86. The van der Waals surface area contributed by atoms with Crippen LogP contribution in [0.2, 0.25) is 0 Å². The van der Waals surface area contributed by atoms with Gasteiger partial charge in [0.1, 0.15) is 0 Å². The van der Waals surface area contributed by atoms with E-state index in [1.54, 1.807) is 0 Å². The van der Waals surface area contributed by atoms with Crippen LogP contribution >= 0.6 is 0 Å². The van der Waals surface area contributed by atoms with Gasteiger partial charge in [0.2, 0.25) is 0 Å². The highest BCUT2D eigenvalue weighted by Crippen LogP contribution is 2.23. The first-order chi connectivity index (χ1) is 6.77. The first kappa shape index (κ1) is 11.5. The number of aliphatic hydroxyl groups is 1. The zero-order valence-electron chi connectivity index (χ0n) is 8.87. The van der Waals surface area contributed by atoms with Crippen molar-refractivity contribution in [1.82, 2.24) is 5.32 Å². The third-order valence-corrected chi connectivity index (χ3v) is 3.06. The van der Waals surface area contributed by atoms with Crippen molar-refractivity contribution in [1.29, 1.82) is 5.26 Å². The molecular formula is C11H20N2O. The van der Waals surface area contributed by atoms with E-state index < -0.39 is 0 Å². The van der Waals surface area contributed by atoms with Crippen LogP contribution in [0.1, 0.15) is 39.0 Å². The summed E-state index contributed by atoms with van der Waals surface area (Å²) < 4.78 is 0. The highest BCUT2D eigenvalue weighted by molar-refractivity contribution is 4.89. The minimum atomic E-state index is -0.160. The van der Waals surface area contributed by atoms with E-state index in [-0.39, 0.29) is 12.1 Å². The minimum absolute atomic E-state index is 0.0517. The quantitative estimate of drug-likeness (QED) is 0.715. The van der Waals surface area contributed by atoms with Gasteiger partial charge in [0.25, 0.3) is 0 Å². The maximum Gasteiger partial charge on any atom is 0.0950 e. The van der Waals surface area contributed by atoms with Gasteiger partial charge >= 0.3 is 0 Å². The van der Waals surface area contributed by atoms with Crippen LogP contribution in [0.15, 0.2) is 0 Å². The van der Waals surface area contributed by atoms with Gasteiger partial charge in [-0.05, 0) is 25.2 Å². The molecule has 0 saturated heterocycles. The van der Waals surface area contributed by atoms with Crippen molar-refractivity contribution in [2.45, 2.75) is 51.2 Å². The Bertz CT molecular complexity index is 200. The van der Waals surface area contributed by atoms with E-state index in [1.807, 2.05) is 6.92 Å². The van der Waals surface area contributed by atoms with Gasteiger partial charge in [-0.1, -0.05) is 19.8 Å². The molecule has 0 spiro atoms. The Morgan fingerprint density at radius 2 is 2.21 bits per heavy atom. The molecule has 0 amide bonds. The minimum Gasteiger partial charge on any atom is -0.393 e. The van der Waals surface area contributed by atoms with Crippen LogP contribution < -0.4 is 5.32 Å². The summed E-state index contributed by atoms with van der Waals surface area (Å²) in [6.45, 7) is 2.78. The lowest BCUT2D eigenvalue weighted by molar-refractivity contribution is 0.0689. The van der Waals surface area contributed by atoms with Crippen LogP contribution in [0.3, 0.4) is 0 Å². The van der Waals surface area contributed by atoms with E-state index in [2.05, 4.69) is 11.4 Å². The van der Waals surface area contributed by atoms with Crippen molar-refractivity contribution in [3.05, 3.63) is 0 Å². The van der Waals surface area contributed by atoms with E-state index in [0.717, 1.165) is 32.2 Å². The summed E-state index contributed by atoms with van der Waals surface area (Å²) in [6.07, 6.45) is 5.05. The monoisotopic (exact) mass is 196 g/mol. The van der Waals surface area contributed by atoms with Crippen LogP contribution in [0.25, 0.3) is 0 Å². The van der Waals surface area contributed by atoms with Crippen molar-refractivity contribution in [3.8, 4) is 6.07 Å². The van der Waals surface area contributed by atoms with Crippen molar-refractivity contribution >= 4 is 0 Å². The lowest BCUT2D eigenvalue weighted by Crippen LogP contribution is -2.38. The van der Waals surface area contributed by atoms with Crippen LogP contribution in [0.5, 0.6) is 0 Å². The van der Waals surface area contributed by atoms with Crippen LogP contribution in [-0.4, -0.2) is 23.8 Å². The Kier molecular flexibility index (Phi) is 4.92. The van der Waals surface area contributed by atoms with Gasteiger partial charge in [-0.15, -0.1) is 0 Å². The van der Waals surface area contributed by atoms with Gasteiger partial charge < -0.3 is 10.4 Å². The molecule has 1 rings (SSSR count). The average molecular weight is 196 g/mol. The summed E-state index contributed by atoms with van der Waals surface area (Å²) in [5, 5.41) is 21.6. The number of aliphatic hydroxyl groups excluding tert-OH is 1. The van der Waals surface area contributed by atoms with Crippen molar-refractivity contribution in [2.24, 2.45) is 5.92 Å². The Labute approximate surface area is 86.1 Å². The molecular weight excluding hydrogens is 176 g/mol. The average Bonchev–Trinajstić information content (AvgIpc) is 2.22. The van der Waals surface area contributed by atoms with E-state index >= 15 is 0 Å². The van der Waals surface area contributed by atoms with Crippen LogP contribution in [-0.2, 0) is 0 Å². The molecule has 3 nitrogen and oxygen atoms in total. The molecule has 0 aliphatic heterocycles. The zero-order chi connectivity index (χ0) is 10.4. The summed E-state index contributed by atoms with van der Waals surface area (Å²) >= 11 is 0. The van der Waals surface area contributed by atoms with Crippen LogP contribution in [0, 0.1) is 17.2 Å². The van der Waals surface area contributed by atoms with Gasteiger partial charge in [-0.25, -0.2) is 0 Å². The first-order valence-corrected chi connectivity index (χ1v) is 5.59. The molecule has 3 atom stereocenters. The molecule has 0 aromatic carbocycles. The fourth-order valence-electron chi connectivity index (χ4n) is 2.00. The van der Waals surface area contributed by atoms with Crippen LogP contribution in [0.4, 0.5) is 0 Å². The molecule has 0 heterocycles. The summed E-state index contributed by atoms with van der Waals surface area (Å²) in [5.41, 5.74) is 0. The second-order valence-corrected chi connectivity index (χ2v) is 4.11. The molecule has 0 aromatic heterocycles. The van der Waals surface area contributed by atoms with E-state index in [1.165, 1.54) is 6.42 Å². The Balaban J connectivity index is 2.25. The third kappa shape index (κ3) is 3.28. The number of rotatable bonds is 4. The summed E-state index contributed by atoms with van der Waals surface area (Å²) in [7, 11) is 0. The van der Waals surface area contributed by atoms with Gasteiger partial charge in [0.15, 0.2) is 0 Å². The molecule has 14 heavy (non-hydrogen) atoms. The van der Waals surface area contributed by atoms with E-state index in [0.29, 0.717) is 5.92 Å². The highest BCUT2D eigenvalue weighted by atomic mass is 16.3. The normalized spacial score (nSPS) is 29.5. The maximum absolute atomic E-state index is 9.70. The Hall–Kier alpha value is -0.590. The topological polar surface area (TPSA) is 56.0 Å². The summed E-state index contributed by atoms with van der Waals surface area (Å²) in [6, 6.07) is 2.16. The molecule has 3 unspecified atom stereocenters. The van der Waals surface area contributed by atoms with Gasteiger partial charge in [0.05, 0.1) is 18.2 Å². The summed E-state index contributed by atoms with van der Waals surface area (Å²) in [4.78, 5) is 0. The standard InChI is InChI=1S/C11H20N2O/c1-2-10(7-12)13-8-9-5-3-4-6-11(9)14/h9-11,13-14H,2-6,8H2,1H3. The van der Waals surface area contributed by atoms with Crippen molar-refractivity contribution < 1.29 is 5.11 Å². The molecule has 1 fully saturated rings. The number of hydrogen-bond donors (Lipinski definition) is 2. The fraction of sp³-hybridized carbons (Fsp3) is 0.909. The second-order valence-electron chi connectivity index (χ2n) is 4.11. The molecule has 1 saturated carbocycles. The number of hydrogen-bond acceptors (Lipinski definition) is 3. The predicted molar refractivity (Wildman–Crippen MR) is 55.7 cm³/mol. The maximum atomic E-state index is 9.70. The van der Waals surface area contributed by atoms with Crippen molar-refractivity contribution in [3.63, 3.8) is 0 Å². The first-order valence-electron chi connectivity index (χ1n) is 5.59. The second kappa shape index (κ2) is 6.00. The fourth-order valence-corrected chi connectivity index (χ4v) is 2.00. The van der Waals surface area contributed by atoms with Gasteiger partial charge in [-0.2, -0.15) is 5.26 Å². The third-order valence-electron chi connectivity index (χ3n) is 3.06. The molecule has 0 aromatic rings. The Morgan fingerprint density at radius 3 is 2.79 bits per heavy atom. The van der Waals surface area contributed by atoms with E-state index in [9.17, 15) is 5.11 Å². The molecule has 3 heteroatoms. The number of nitriles is 1. The molecule has 0 radical (unpaired) electrons. The number of nitrogens with zero attached hydrogens (tertiary/aromatic N) is 1.